The van der Waals surface area contributed by atoms with Crippen LogP contribution in [0.4, 0.5) is 5.69 Å². The Morgan fingerprint density at radius 1 is 1.12 bits per heavy atom. The molecule has 1 saturated heterocycles. The van der Waals surface area contributed by atoms with Gasteiger partial charge < -0.3 is 10.2 Å². The highest BCUT2D eigenvalue weighted by molar-refractivity contribution is 7.10. The first kappa shape index (κ1) is 14.9. The Morgan fingerprint density at radius 3 is 2.62 bits per heavy atom. The van der Waals surface area contributed by atoms with Crippen LogP contribution >= 0.6 is 11.3 Å². The normalized spacial score (nSPS) is 19.1. The average Bonchev–Trinajstić information content (AvgIpc) is 3.31. The zero-order valence-corrected chi connectivity index (χ0v) is 13.8. The molecule has 0 bridgehead atoms. The van der Waals surface area contributed by atoms with E-state index in [-0.39, 0.29) is 11.8 Å². The number of anilines is 1. The number of hydrogen-bond acceptors (Lipinski definition) is 3. The highest BCUT2D eigenvalue weighted by Crippen LogP contribution is 2.26. The van der Waals surface area contributed by atoms with Gasteiger partial charge in [0.15, 0.2) is 0 Å². The minimum atomic E-state index is -0.0859. The third-order valence-corrected chi connectivity index (χ3v) is 5.03. The van der Waals surface area contributed by atoms with Gasteiger partial charge in [-0.15, -0.1) is 11.3 Å². The third-order valence-electron chi connectivity index (χ3n) is 4.21. The molecule has 4 rings (SSSR count). The van der Waals surface area contributed by atoms with Crippen molar-refractivity contribution in [3.05, 3.63) is 63.9 Å². The lowest BCUT2D eigenvalue weighted by atomic mass is 10.1. The largest absolute Gasteiger partial charge is 0.321 e. The van der Waals surface area contributed by atoms with E-state index in [2.05, 4.69) is 5.32 Å². The second kappa shape index (κ2) is 6.09. The van der Waals surface area contributed by atoms with Crippen molar-refractivity contribution in [3.8, 4) is 0 Å². The number of benzene rings is 1. The lowest BCUT2D eigenvalue weighted by Gasteiger charge is -2.16. The SMILES string of the molecule is O=C1NC(c2ccc(N3CCCC3=O)cc2)=CC1=Cc1cccs1. The molecule has 1 fully saturated rings. The van der Waals surface area contributed by atoms with Gasteiger partial charge in [0.25, 0.3) is 5.91 Å². The van der Waals surface area contributed by atoms with Crippen LogP contribution in [0.15, 0.2) is 53.4 Å². The zero-order valence-electron chi connectivity index (χ0n) is 13.0. The maximum Gasteiger partial charge on any atom is 0.255 e. The molecule has 2 aliphatic rings. The summed E-state index contributed by atoms with van der Waals surface area (Å²) in [5, 5.41) is 4.90. The predicted molar refractivity (Wildman–Crippen MR) is 96.4 cm³/mol. The first-order chi connectivity index (χ1) is 11.7. The van der Waals surface area contributed by atoms with Gasteiger partial charge in [0.2, 0.25) is 5.91 Å². The van der Waals surface area contributed by atoms with Crippen molar-refractivity contribution in [2.45, 2.75) is 12.8 Å². The molecule has 0 atom stereocenters. The van der Waals surface area contributed by atoms with E-state index in [1.807, 2.05) is 58.8 Å². The second-order valence-corrected chi connectivity index (χ2v) is 6.80. The Kier molecular flexibility index (Phi) is 3.78. The van der Waals surface area contributed by atoms with Crippen LogP contribution in [0.5, 0.6) is 0 Å². The number of nitrogens with one attached hydrogen (secondary N) is 1. The number of carbonyl (C=O) groups is 2. The summed E-state index contributed by atoms with van der Waals surface area (Å²) in [5.41, 5.74) is 3.31. The summed E-state index contributed by atoms with van der Waals surface area (Å²) in [6, 6.07) is 11.7. The summed E-state index contributed by atoms with van der Waals surface area (Å²) in [7, 11) is 0. The van der Waals surface area contributed by atoms with Crippen LogP contribution in [0, 0.1) is 0 Å². The van der Waals surface area contributed by atoms with E-state index in [1.54, 1.807) is 11.3 Å². The number of amides is 2. The monoisotopic (exact) mass is 336 g/mol. The molecular formula is C19H16N2O2S. The van der Waals surface area contributed by atoms with Crippen molar-refractivity contribution in [1.82, 2.24) is 5.32 Å². The van der Waals surface area contributed by atoms with E-state index in [4.69, 9.17) is 0 Å². The fraction of sp³-hybridized carbons (Fsp3) is 0.158. The molecule has 2 aliphatic heterocycles. The first-order valence-corrected chi connectivity index (χ1v) is 8.78. The highest BCUT2D eigenvalue weighted by Gasteiger charge is 2.22. The lowest BCUT2D eigenvalue weighted by Crippen LogP contribution is -2.23. The molecule has 1 aromatic carbocycles. The summed E-state index contributed by atoms with van der Waals surface area (Å²) in [5.74, 6) is 0.0921. The molecule has 0 saturated carbocycles. The van der Waals surface area contributed by atoms with E-state index in [9.17, 15) is 9.59 Å². The average molecular weight is 336 g/mol. The Labute approximate surface area is 144 Å². The quantitative estimate of drug-likeness (QED) is 0.873. The molecule has 0 unspecified atom stereocenters. The van der Waals surface area contributed by atoms with Gasteiger partial charge >= 0.3 is 0 Å². The van der Waals surface area contributed by atoms with Crippen molar-refractivity contribution in [2.24, 2.45) is 0 Å². The van der Waals surface area contributed by atoms with Gasteiger partial charge in [-0.05, 0) is 47.7 Å². The second-order valence-electron chi connectivity index (χ2n) is 5.82. The molecule has 5 heteroatoms. The predicted octanol–water partition coefficient (Wildman–Crippen LogP) is 3.43. The van der Waals surface area contributed by atoms with Crippen LogP contribution < -0.4 is 10.2 Å². The van der Waals surface area contributed by atoms with Crippen LogP contribution in [0.3, 0.4) is 0 Å². The number of nitrogens with zero attached hydrogens (tertiary/aromatic N) is 1. The van der Waals surface area contributed by atoms with Gasteiger partial charge in [-0.25, -0.2) is 0 Å². The standard InChI is InChI=1S/C19H16N2O2S/c22-18-4-1-9-21(18)15-7-5-13(6-8-15)17-12-14(19(23)20-17)11-16-3-2-10-24-16/h2-3,5-8,10-12H,1,4,9H2,(H,20,23). The maximum absolute atomic E-state index is 12.1. The van der Waals surface area contributed by atoms with Crippen molar-refractivity contribution < 1.29 is 9.59 Å². The molecule has 0 radical (unpaired) electrons. The van der Waals surface area contributed by atoms with Crippen molar-refractivity contribution >= 4 is 40.6 Å². The maximum atomic E-state index is 12.1. The molecule has 24 heavy (non-hydrogen) atoms. The fourth-order valence-electron chi connectivity index (χ4n) is 2.98. The van der Waals surface area contributed by atoms with Gasteiger partial charge in [-0.3, -0.25) is 9.59 Å². The molecule has 0 aliphatic carbocycles. The van der Waals surface area contributed by atoms with Crippen molar-refractivity contribution in [2.75, 3.05) is 11.4 Å². The highest BCUT2D eigenvalue weighted by atomic mass is 32.1. The summed E-state index contributed by atoms with van der Waals surface area (Å²) < 4.78 is 0. The Bertz CT molecular complexity index is 848. The topological polar surface area (TPSA) is 49.4 Å². The minimum Gasteiger partial charge on any atom is -0.321 e. The molecular weight excluding hydrogens is 320 g/mol. The molecule has 3 heterocycles. The summed E-state index contributed by atoms with van der Waals surface area (Å²) in [6.45, 7) is 0.783. The van der Waals surface area contributed by atoms with Crippen LogP contribution in [-0.4, -0.2) is 18.4 Å². The number of rotatable bonds is 3. The molecule has 2 aromatic rings. The summed E-state index contributed by atoms with van der Waals surface area (Å²) >= 11 is 1.60. The third kappa shape index (κ3) is 2.78. The first-order valence-electron chi connectivity index (χ1n) is 7.90. The molecule has 1 N–H and O–H groups in total. The fourth-order valence-corrected chi connectivity index (χ4v) is 3.65. The van der Waals surface area contributed by atoms with Crippen LogP contribution in [0.2, 0.25) is 0 Å². The van der Waals surface area contributed by atoms with Crippen LogP contribution in [0.25, 0.3) is 11.8 Å². The lowest BCUT2D eigenvalue weighted by molar-refractivity contribution is -0.117. The Hall–Kier alpha value is -2.66. The number of thiophene rings is 1. The van der Waals surface area contributed by atoms with Gasteiger partial charge in [-0.1, -0.05) is 18.2 Å². The van der Waals surface area contributed by atoms with Gasteiger partial charge in [0, 0.05) is 34.8 Å². The summed E-state index contributed by atoms with van der Waals surface area (Å²) in [6.07, 6.45) is 5.31. The molecule has 4 nitrogen and oxygen atoms in total. The van der Waals surface area contributed by atoms with Gasteiger partial charge in [0.05, 0.1) is 0 Å². The van der Waals surface area contributed by atoms with Crippen LogP contribution in [0.1, 0.15) is 23.3 Å². The van der Waals surface area contributed by atoms with E-state index < -0.39 is 0 Å². The van der Waals surface area contributed by atoms with Crippen LogP contribution in [-0.2, 0) is 9.59 Å². The van der Waals surface area contributed by atoms with E-state index in [0.717, 1.165) is 34.8 Å². The minimum absolute atomic E-state index is 0.0859. The van der Waals surface area contributed by atoms with Crippen molar-refractivity contribution in [1.29, 1.82) is 0 Å². The molecule has 2 amide bonds. The molecule has 120 valence electrons. The number of carbonyl (C=O) groups excluding carboxylic acids is 2. The summed E-state index contributed by atoms with van der Waals surface area (Å²) in [4.78, 5) is 26.8. The van der Waals surface area contributed by atoms with E-state index >= 15 is 0 Å². The Balaban J connectivity index is 1.58. The molecule has 0 spiro atoms. The van der Waals surface area contributed by atoms with E-state index in [1.165, 1.54) is 0 Å². The molecule has 1 aromatic heterocycles. The number of hydrogen-bond donors (Lipinski definition) is 1. The Morgan fingerprint density at radius 2 is 1.96 bits per heavy atom. The van der Waals surface area contributed by atoms with E-state index in [0.29, 0.717) is 12.0 Å². The van der Waals surface area contributed by atoms with Crippen molar-refractivity contribution in [3.63, 3.8) is 0 Å². The smallest absolute Gasteiger partial charge is 0.255 e. The van der Waals surface area contributed by atoms with Gasteiger partial charge in [0.1, 0.15) is 0 Å². The zero-order chi connectivity index (χ0) is 16.5. The van der Waals surface area contributed by atoms with Gasteiger partial charge in [-0.2, -0.15) is 0 Å².